The Balaban J connectivity index is 1.34. The minimum atomic E-state index is -0.699. The Bertz CT molecular complexity index is 1310. The number of amides is 2. The van der Waals surface area contributed by atoms with Gasteiger partial charge in [0.05, 0.1) is 11.8 Å². The van der Waals surface area contributed by atoms with Crippen molar-refractivity contribution >= 4 is 40.1 Å². The SMILES string of the molecule is O=C(C[C@H]1SC(N2N=C(c3ccccc3)C[C@@H]2c2ccc(F)cc2)=NC1=O)Nc1ccc(F)cc1. The fraction of sp³-hybridized carbons (Fsp3) is 0.154. The third kappa shape index (κ3) is 5.14. The molecule has 6 nitrogen and oxygen atoms in total. The maximum atomic E-state index is 13.5. The summed E-state index contributed by atoms with van der Waals surface area (Å²) in [6.07, 6.45) is 0.470. The zero-order valence-corrected chi connectivity index (χ0v) is 19.2. The number of anilines is 1. The maximum absolute atomic E-state index is 13.5. The van der Waals surface area contributed by atoms with Crippen molar-refractivity contribution in [3.05, 3.63) is 102 Å². The van der Waals surface area contributed by atoms with E-state index < -0.39 is 17.0 Å². The third-order valence-corrected chi connectivity index (χ3v) is 6.84. The predicted molar refractivity (Wildman–Crippen MR) is 132 cm³/mol. The van der Waals surface area contributed by atoms with Gasteiger partial charge >= 0.3 is 0 Å². The minimum absolute atomic E-state index is 0.0851. The fourth-order valence-corrected chi connectivity index (χ4v) is 5.02. The van der Waals surface area contributed by atoms with Gasteiger partial charge in [0.25, 0.3) is 5.91 Å². The molecule has 176 valence electrons. The van der Waals surface area contributed by atoms with Crippen molar-refractivity contribution in [2.24, 2.45) is 10.1 Å². The molecular formula is C26H20F2N4O2S. The molecule has 9 heteroatoms. The molecule has 0 bridgehead atoms. The number of hydrogen-bond donors (Lipinski definition) is 1. The highest BCUT2D eigenvalue weighted by atomic mass is 32.2. The Morgan fingerprint density at radius 2 is 1.63 bits per heavy atom. The van der Waals surface area contributed by atoms with Crippen molar-refractivity contribution in [2.45, 2.75) is 24.1 Å². The highest BCUT2D eigenvalue weighted by Gasteiger charge is 2.39. The first-order valence-corrected chi connectivity index (χ1v) is 11.9. The van der Waals surface area contributed by atoms with Gasteiger partial charge in [-0.1, -0.05) is 54.2 Å². The van der Waals surface area contributed by atoms with E-state index in [-0.39, 0.29) is 24.2 Å². The molecule has 5 rings (SSSR count). The van der Waals surface area contributed by atoms with Crippen LogP contribution in [0.4, 0.5) is 14.5 Å². The van der Waals surface area contributed by atoms with Crippen LogP contribution < -0.4 is 5.32 Å². The summed E-state index contributed by atoms with van der Waals surface area (Å²) in [4.78, 5) is 29.3. The van der Waals surface area contributed by atoms with Gasteiger partial charge in [-0.25, -0.2) is 13.8 Å². The number of hydrogen-bond acceptors (Lipinski definition) is 5. The zero-order valence-electron chi connectivity index (χ0n) is 18.4. The van der Waals surface area contributed by atoms with E-state index in [1.165, 1.54) is 48.2 Å². The molecule has 2 amide bonds. The molecule has 3 aromatic rings. The lowest BCUT2D eigenvalue weighted by Gasteiger charge is -2.23. The van der Waals surface area contributed by atoms with Crippen molar-refractivity contribution < 1.29 is 18.4 Å². The molecule has 0 saturated heterocycles. The second kappa shape index (κ2) is 9.79. The zero-order chi connectivity index (χ0) is 24.4. The minimum Gasteiger partial charge on any atom is -0.326 e. The van der Waals surface area contributed by atoms with Crippen molar-refractivity contribution in [3.63, 3.8) is 0 Å². The van der Waals surface area contributed by atoms with Crippen LogP contribution in [-0.2, 0) is 9.59 Å². The summed E-state index contributed by atoms with van der Waals surface area (Å²) < 4.78 is 26.6. The number of hydrazone groups is 1. The van der Waals surface area contributed by atoms with Crippen LogP contribution in [0.15, 0.2) is 89.0 Å². The Labute approximate surface area is 204 Å². The quantitative estimate of drug-likeness (QED) is 0.537. The monoisotopic (exact) mass is 490 g/mol. The summed E-state index contributed by atoms with van der Waals surface area (Å²) in [5.41, 5.74) is 3.07. The number of thioether (sulfide) groups is 1. The van der Waals surface area contributed by atoms with Crippen LogP contribution in [0.5, 0.6) is 0 Å². The lowest BCUT2D eigenvalue weighted by Crippen LogP contribution is -2.25. The van der Waals surface area contributed by atoms with Gasteiger partial charge in [-0.3, -0.25) is 9.59 Å². The van der Waals surface area contributed by atoms with E-state index in [9.17, 15) is 18.4 Å². The third-order valence-electron chi connectivity index (χ3n) is 5.70. The average Bonchev–Trinajstić information content (AvgIpc) is 3.46. The molecule has 0 unspecified atom stereocenters. The van der Waals surface area contributed by atoms with E-state index in [0.29, 0.717) is 17.3 Å². The second-order valence-corrected chi connectivity index (χ2v) is 9.30. The molecule has 0 saturated carbocycles. The molecule has 3 aromatic carbocycles. The normalized spacial score (nSPS) is 19.5. The molecule has 2 aliphatic rings. The molecule has 0 fully saturated rings. The van der Waals surface area contributed by atoms with Crippen LogP contribution >= 0.6 is 11.8 Å². The van der Waals surface area contributed by atoms with Gasteiger partial charge in [-0.15, -0.1) is 0 Å². The molecule has 1 N–H and O–H groups in total. The standard InChI is InChI=1S/C26H20F2N4O2S/c27-18-8-6-17(7-9-18)22-14-21(16-4-2-1-3-5-16)31-32(22)26-30-25(34)23(35-26)15-24(33)29-20-12-10-19(28)11-13-20/h1-13,22-23H,14-15H2,(H,29,33)/t22-,23-/m1/s1. The molecule has 0 spiro atoms. The first kappa shape index (κ1) is 22.9. The summed E-state index contributed by atoms with van der Waals surface area (Å²) in [5, 5.41) is 8.82. The second-order valence-electron chi connectivity index (χ2n) is 8.13. The van der Waals surface area contributed by atoms with Crippen molar-refractivity contribution in [1.29, 1.82) is 0 Å². The first-order chi connectivity index (χ1) is 17.0. The summed E-state index contributed by atoms with van der Waals surface area (Å²) >= 11 is 1.18. The van der Waals surface area contributed by atoms with Crippen molar-refractivity contribution in [2.75, 3.05) is 5.32 Å². The molecule has 2 atom stereocenters. The van der Waals surface area contributed by atoms with Gasteiger partial charge < -0.3 is 5.32 Å². The molecule has 35 heavy (non-hydrogen) atoms. The van der Waals surface area contributed by atoms with Crippen LogP contribution in [0, 0.1) is 11.6 Å². The van der Waals surface area contributed by atoms with E-state index in [4.69, 9.17) is 5.10 Å². The molecule has 2 heterocycles. The fourth-order valence-electron chi connectivity index (χ4n) is 3.95. The Morgan fingerprint density at radius 3 is 2.31 bits per heavy atom. The summed E-state index contributed by atoms with van der Waals surface area (Å²) in [5.74, 6) is -1.53. The number of nitrogens with one attached hydrogen (secondary N) is 1. The van der Waals surface area contributed by atoms with Crippen molar-refractivity contribution in [1.82, 2.24) is 5.01 Å². The Hall–Kier alpha value is -3.85. The number of carbonyl (C=O) groups excluding carboxylic acids is 2. The molecule has 0 aliphatic carbocycles. The van der Waals surface area contributed by atoms with Gasteiger partial charge in [-0.2, -0.15) is 10.1 Å². The van der Waals surface area contributed by atoms with Crippen LogP contribution in [0.25, 0.3) is 0 Å². The number of halogens is 2. The average molecular weight is 491 g/mol. The number of benzene rings is 3. The smallest absolute Gasteiger partial charge is 0.262 e. The molecule has 0 aromatic heterocycles. The predicted octanol–water partition coefficient (Wildman–Crippen LogP) is 5.14. The first-order valence-electron chi connectivity index (χ1n) is 11.0. The number of amidine groups is 1. The van der Waals surface area contributed by atoms with Gasteiger partial charge in [-0.05, 0) is 47.5 Å². The number of carbonyl (C=O) groups is 2. The molecule has 2 aliphatic heterocycles. The van der Waals surface area contributed by atoms with E-state index in [1.54, 1.807) is 17.1 Å². The summed E-state index contributed by atoms with van der Waals surface area (Å²) in [6.45, 7) is 0. The number of nitrogens with zero attached hydrogens (tertiary/aromatic N) is 3. The van der Waals surface area contributed by atoms with E-state index in [0.717, 1.165) is 16.8 Å². The highest BCUT2D eigenvalue weighted by molar-refractivity contribution is 8.15. The van der Waals surface area contributed by atoms with E-state index in [2.05, 4.69) is 10.3 Å². The lowest BCUT2D eigenvalue weighted by atomic mass is 9.99. The molecular weight excluding hydrogens is 470 g/mol. The maximum Gasteiger partial charge on any atom is 0.262 e. The summed E-state index contributed by atoms with van der Waals surface area (Å²) in [7, 11) is 0. The van der Waals surface area contributed by atoms with Crippen LogP contribution in [0.3, 0.4) is 0 Å². The largest absolute Gasteiger partial charge is 0.326 e. The van der Waals surface area contributed by atoms with Crippen LogP contribution in [0.2, 0.25) is 0 Å². The van der Waals surface area contributed by atoms with Gasteiger partial charge in [0.15, 0.2) is 5.17 Å². The summed E-state index contributed by atoms with van der Waals surface area (Å²) in [6, 6.07) is 21.0. The van der Waals surface area contributed by atoms with Crippen LogP contribution in [0.1, 0.15) is 30.0 Å². The number of rotatable bonds is 5. The van der Waals surface area contributed by atoms with E-state index >= 15 is 0 Å². The van der Waals surface area contributed by atoms with Crippen molar-refractivity contribution in [3.8, 4) is 0 Å². The van der Waals surface area contributed by atoms with Crippen LogP contribution in [-0.4, -0.2) is 33.0 Å². The lowest BCUT2D eigenvalue weighted by molar-refractivity contribution is -0.121. The van der Waals surface area contributed by atoms with E-state index in [1.807, 2.05) is 30.3 Å². The Morgan fingerprint density at radius 1 is 0.971 bits per heavy atom. The van der Waals surface area contributed by atoms with Gasteiger partial charge in [0.1, 0.15) is 16.9 Å². The topological polar surface area (TPSA) is 74.1 Å². The molecule has 0 radical (unpaired) electrons. The Kier molecular flexibility index (Phi) is 6.41. The highest BCUT2D eigenvalue weighted by Crippen LogP contribution is 2.38. The number of aliphatic imine (C=N–C) groups is 1. The van der Waals surface area contributed by atoms with Gasteiger partial charge in [0.2, 0.25) is 5.91 Å². The van der Waals surface area contributed by atoms with Gasteiger partial charge in [0, 0.05) is 18.5 Å².